The summed E-state index contributed by atoms with van der Waals surface area (Å²) in [4.78, 5) is 4.48. The Balaban J connectivity index is 1.49. The van der Waals surface area contributed by atoms with Crippen LogP contribution in [0.4, 0.5) is 5.13 Å². The second kappa shape index (κ2) is 3.91. The van der Waals surface area contributed by atoms with E-state index >= 15 is 0 Å². The molecule has 82 valence electrons. The minimum atomic E-state index is 0.410. The summed E-state index contributed by atoms with van der Waals surface area (Å²) in [5.74, 6) is 2.44. The molecule has 5 heteroatoms. The first-order chi connectivity index (χ1) is 7.31. The van der Waals surface area contributed by atoms with Crippen molar-refractivity contribution in [1.29, 1.82) is 0 Å². The Morgan fingerprint density at radius 2 is 2.20 bits per heavy atom. The fraction of sp³-hybridized carbons (Fsp3) is 0.800. The summed E-state index contributed by atoms with van der Waals surface area (Å²) in [6, 6.07) is 0. The molecule has 2 aliphatic rings. The Hall–Kier alpha value is -0.350. The fourth-order valence-electron chi connectivity index (χ4n) is 1.87. The second-order valence-corrected chi connectivity index (χ2v) is 5.92. The molecule has 0 aliphatic heterocycles. The highest BCUT2D eigenvalue weighted by atomic mass is 35.5. The van der Waals surface area contributed by atoms with Crippen molar-refractivity contribution >= 4 is 28.3 Å². The molecule has 0 atom stereocenters. The maximum absolute atomic E-state index is 5.93. The van der Waals surface area contributed by atoms with Gasteiger partial charge >= 0.3 is 0 Å². The van der Waals surface area contributed by atoms with Gasteiger partial charge in [-0.3, -0.25) is 0 Å². The van der Waals surface area contributed by atoms with E-state index in [2.05, 4.69) is 14.7 Å². The van der Waals surface area contributed by atoms with Gasteiger partial charge in [0.1, 0.15) is 5.82 Å². The quantitative estimate of drug-likeness (QED) is 0.827. The van der Waals surface area contributed by atoms with Crippen LogP contribution in [0.5, 0.6) is 0 Å². The van der Waals surface area contributed by atoms with E-state index in [1.165, 1.54) is 24.4 Å². The van der Waals surface area contributed by atoms with Crippen LogP contribution < -0.4 is 5.32 Å². The smallest absolute Gasteiger partial charge is 0.202 e. The van der Waals surface area contributed by atoms with Crippen LogP contribution in [-0.2, 0) is 0 Å². The van der Waals surface area contributed by atoms with E-state index in [1.54, 1.807) is 0 Å². The number of hydrogen-bond acceptors (Lipinski definition) is 4. The zero-order chi connectivity index (χ0) is 10.3. The third-order valence-corrected chi connectivity index (χ3v) is 4.15. The van der Waals surface area contributed by atoms with E-state index in [9.17, 15) is 0 Å². The van der Waals surface area contributed by atoms with Crippen molar-refractivity contribution in [3.05, 3.63) is 5.82 Å². The molecule has 3 nitrogen and oxygen atoms in total. The van der Waals surface area contributed by atoms with Crippen molar-refractivity contribution in [2.75, 3.05) is 11.9 Å². The SMILES string of the molecule is ClC1CC(CNc2nc(C3CC3)ns2)C1. The Bertz CT molecular complexity index is 344. The third-order valence-electron chi connectivity index (χ3n) is 3.10. The molecule has 0 radical (unpaired) electrons. The number of nitrogens with zero attached hydrogens (tertiary/aromatic N) is 2. The minimum absolute atomic E-state index is 0.410. The van der Waals surface area contributed by atoms with Gasteiger partial charge in [-0.1, -0.05) is 0 Å². The molecule has 1 heterocycles. The average Bonchev–Trinajstić information content (AvgIpc) is 2.92. The van der Waals surface area contributed by atoms with Gasteiger partial charge in [0.25, 0.3) is 0 Å². The summed E-state index contributed by atoms with van der Waals surface area (Å²) in [6.45, 7) is 1.00. The topological polar surface area (TPSA) is 37.8 Å². The zero-order valence-electron chi connectivity index (χ0n) is 8.45. The number of aromatic nitrogens is 2. The molecule has 1 aromatic rings. The number of rotatable bonds is 4. The summed E-state index contributed by atoms with van der Waals surface area (Å²) in [5.41, 5.74) is 0. The summed E-state index contributed by atoms with van der Waals surface area (Å²) < 4.78 is 4.36. The highest BCUT2D eigenvalue weighted by Crippen LogP contribution is 2.39. The number of nitrogens with one attached hydrogen (secondary N) is 1. The Morgan fingerprint density at radius 3 is 2.87 bits per heavy atom. The molecular formula is C10H14ClN3S. The van der Waals surface area contributed by atoms with Crippen LogP contribution in [0.15, 0.2) is 0 Å². The van der Waals surface area contributed by atoms with Crippen molar-refractivity contribution in [3.8, 4) is 0 Å². The average molecular weight is 244 g/mol. The van der Waals surface area contributed by atoms with Crippen molar-refractivity contribution in [2.45, 2.75) is 37.0 Å². The summed E-state index contributed by atoms with van der Waals surface area (Å²) in [7, 11) is 0. The predicted molar refractivity (Wildman–Crippen MR) is 62.7 cm³/mol. The van der Waals surface area contributed by atoms with E-state index < -0.39 is 0 Å². The van der Waals surface area contributed by atoms with Crippen molar-refractivity contribution < 1.29 is 0 Å². The number of hydrogen-bond donors (Lipinski definition) is 1. The largest absolute Gasteiger partial charge is 0.360 e. The lowest BCUT2D eigenvalue weighted by molar-refractivity contribution is 0.341. The van der Waals surface area contributed by atoms with Gasteiger partial charge in [-0.15, -0.1) is 11.6 Å². The van der Waals surface area contributed by atoms with Crippen LogP contribution in [0, 0.1) is 5.92 Å². The first-order valence-electron chi connectivity index (χ1n) is 5.53. The highest BCUT2D eigenvalue weighted by Gasteiger charge is 2.29. The molecule has 0 aromatic carbocycles. The molecule has 0 spiro atoms. The lowest BCUT2D eigenvalue weighted by Crippen LogP contribution is -2.29. The molecule has 2 fully saturated rings. The monoisotopic (exact) mass is 243 g/mol. The normalized spacial score (nSPS) is 29.9. The van der Waals surface area contributed by atoms with Gasteiger partial charge in [-0.2, -0.15) is 4.37 Å². The standard InChI is InChI=1S/C10H14ClN3S/c11-8-3-6(4-8)5-12-10-13-9(14-15-10)7-1-2-7/h6-8H,1-5H2,(H,12,13,14). The number of halogens is 1. The van der Waals surface area contributed by atoms with Gasteiger partial charge in [0.05, 0.1) is 0 Å². The van der Waals surface area contributed by atoms with E-state index in [0.29, 0.717) is 11.3 Å². The van der Waals surface area contributed by atoms with E-state index in [1.807, 2.05) is 0 Å². The lowest BCUT2D eigenvalue weighted by Gasteiger charge is -2.30. The minimum Gasteiger partial charge on any atom is -0.360 e. The van der Waals surface area contributed by atoms with Gasteiger partial charge in [-0.05, 0) is 31.6 Å². The van der Waals surface area contributed by atoms with Gasteiger partial charge < -0.3 is 5.32 Å². The Morgan fingerprint density at radius 1 is 1.40 bits per heavy atom. The number of alkyl halides is 1. The molecule has 0 amide bonds. The molecule has 0 bridgehead atoms. The molecule has 0 unspecified atom stereocenters. The van der Waals surface area contributed by atoms with Crippen molar-refractivity contribution in [3.63, 3.8) is 0 Å². The van der Waals surface area contributed by atoms with Gasteiger partial charge in [0.15, 0.2) is 0 Å². The van der Waals surface area contributed by atoms with Crippen LogP contribution in [-0.4, -0.2) is 21.3 Å². The highest BCUT2D eigenvalue weighted by molar-refractivity contribution is 7.09. The van der Waals surface area contributed by atoms with Gasteiger partial charge in [0.2, 0.25) is 5.13 Å². The van der Waals surface area contributed by atoms with E-state index in [-0.39, 0.29) is 0 Å². The Labute approximate surface area is 98.4 Å². The lowest BCUT2D eigenvalue weighted by atomic mass is 9.85. The molecule has 15 heavy (non-hydrogen) atoms. The molecule has 2 aliphatic carbocycles. The Kier molecular flexibility index (Phi) is 2.56. The van der Waals surface area contributed by atoms with Gasteiger partial charge in [-0.25, -0.2) is 4.98 Å². The fourth-order valence-corrected chi connectivity index (χ4v) is 3.02. The van der Waals surface area contributed by atoms with Crippen LogP contribution in [0.2, 0.25) is 0 Å². The van der Waals surface area contributed by atoms with Gasteiger partial charge in [0, 0.05) is 29.4 Å². The molecule has 1 N–H and O–H groups in total. The third kappa shape index (κ3) is 2.26. The maximum Gasteiger partial charge on any atom is 0.202 e. The van der Waals surface area contributed by atoms with E-state index in [4.69, 9.17) is 11.6 Å². The maximum atomic E-state index is 5.93. The summed E-state index contributed by atoms with van der Waals surface area (Å²) >= 11 is 7.42. The van der Waals surface area contributed by atoms with Crippen LogP contribution in [0.3, 0.4) is 0 Å². The first kappa shape index (κ1) is 9.85. The summed E-state index contributed by atoms with van der Waals surface area (Å²) in [6.07, 6.45) is 4.82. The van der Waals surface area contributed by atoms with Crippen LogP contribution >= 0.6 is 23.1 Å². The summed E-state index contributed by atoms with van der Waals surface area (Å²) in [5, 5.41) is 4.75. The molecule has 0 saturated heterocycles. The molecule has 3 rings (SSSR count). The second-order valence-electron chi connectivity index (χ2n) is 4.55. The predicted octanol–water partition coefficient (Wildman–Crippen LogP) is 2.84. The van der Waals surface area contributed by atoms with E-state index in [0.717, 1.165) is 36.3 Å². The first-order valence-corrected chi connectivity index (χ1v) is 6.74. The molecule has 1 aromatic heterocycles. The zero-order valence-corrected chi connectivity index (χ0v) is 10.0. The molecule has 2 saturated carbocycles. The van der Waals surface area contributed by atoms with Crippen molar-refractivity contribution in [1.82, 2.24) is 9.36 Å². The van der Waals surface area contributed by atoms with Crippen molar-refractivity contribution in [2.24, 2.45) is 5.92 Å². The van der Waals surface area contributed by atoms with Crippen LogP contribution in [0.25, 0.3) is 0 Å². The van der Waals surface area contributed by atoms with Crippen LogP contribution in [0.1, 0.15) is 37.4 Å². The molecular weight excluding hydrogens is 230 g/mol. The number of anilines is 1.